The first kappa shape index (κ1) is 20.0. The fraction of sp³-hybridized carbons (Fsp3) is 0.571. The summed E-state index contributed by atoms with van der Waals surface area (Å²) in [5.41, 5.74) is 5.22. The average Bonchev–Trinajstić information content (AvgIpc) is 2.97. The molecule has 1 atom stereocenters. The van der Waals surface area contributed by atoms with Crippen molar-refractivity contribution >= 4 is 8.41 Å². The van der Waals surface area contributed by atoms with Crippen LogP contribution >= 0.6 is 0 Å². The largest absolute Gasteiger partial charge is 0.416 e. The molecule has 1 saturated heterocycles. The summed E-state index contributed by atoms with van der Waals surface area (Å²) in [4.78, 5) is 0. The number of alkyl halides is 3. The van der Waals surface area contributed by atoms with Gasteiger partial charge in [0.05, 0.1) is 12.2 Å². The maximum atomic E-state index is 12.3. The first-order valence-corrected chi connectivity index (χ1v) is 6.54. The quantitative estimate of drug-likeness (QED) is 0.840. The molecule has 3 N–H and O–H groups in total. The molecule has 1 aliphatic heterocycles. The van der Waals surface area contributed by atoms with E-state index in [1.165, 1.54) is 18.9 Å². The van der Waals surface area contributed by atoms with Crippen LogP contribution in [0.1, 0.15) is 24.0 Å². The lowest BCUT2D eigenvalue weighted by Gasteiger charge is -2.11. The minimum absolute atomic E-state index is 0. The highest BCUT2D eigenvalue weighted by Gasteiger charge is 2.30. The van der Waals surface area contributed by atoms with Gasteiger partial charge in [-0.25, -0.2) is 0 Å². The van der Waals surface area contributed by atoms with Crippen molar-refractivity contribution in [1.82, 2.24) is 0 Å². The molecule has 1 fully saturated rings. The highest BCUT2D eigenvalue weighted by atomic mass is 19.4. The van der Waals surface area contributed by atoms with E-state index in [0.717, 1.165) is 25.3 Å². The molecule has 117 valence electrons. The predicted molar refractivity (Wildman–Crippen MR) is 76.0 cm³/mol. The molecular formula is C14H20BF3NO2. The molecule has 0 bridgehead atoms. The van der Waals surface area contributed by atoms with Gasteiger partial charge in [-0.05, 0) is 30.9 Å². The van der Waals surface area contributed by atoms with Gasteiger partial charge < -0.3 is 15.6 Å². The van der Waals surface area contributed by atoms with Gasteiger partial charge in [0.2, 0.25) is 0 Å². The number of nitrogens with two attached hydrogens (primary N) is 1. The number of hydrogen-bond donors (Lipinski definition) is 2. The molecule has 0 aliphatic carbocycles. The lowest BCUT2D eigenvalue weighted by molar-refractivity contribution is -0.137. The Balaban J connectivity index is 0.000000562. The SMILES string of the molecule is C1CCOC1.N[C@@H](CO)Cc1cccc(C(F)(F)F)c1.[B]. The van der Waals surface area contributed by atoms with Gasteiger partial charge in [-0.15, -0.1) is 0 Å². The molecule has 0 amide bonds. The van der Waals surface area contributed by atoms with Crippen molar-refractivity contribution < 1.29 is 23.0 Å². The van der Waals surface area contributed by atoms with Crippen LogP contribution in [-0.2, 0) is 17.3 Å². The highest BCUT2D eigenvalue weighted by molar-refractivity contribution is 5.75. The standard InChI is InChI=1S/C10H12F3NO.C4H8O.B/c11-10(12,13)8-3-1-2-7(4-8)5-9(14)6-15;1-2-4-5-3-1;/h1-4,9,15H,5-6,14H2;1-4H2;/t9-;;/m1../s1. The van der Waals surface area contributed by atoms with Crippen LogP contribution in [-0.4, -0.2) is 39.4 Å². The molecule has 1 aromatic rings. The number of rotatable bonds is 3. The van der Waals surface area contributed by atoms with Crippen molar-refractivity contribution in [1.29, 1.82) is 0 Å². The van der Waals surface area contributed by atoms with E-state index >= 15 is 0 Å². The summed E-state index contributed by atoms with van der Waals surface area (Å²) in [5.74, 6) is 0. The summed E-state index contributed by atoms with van der Waals surface area (Å²) < 4.78 is 41.9. The molecule has 3 radical (unpaired) electrons. The number of halogens is 3. The molecule has 2 rings (SSSR count). The fourth-order valence-corrected chi connectivity index (χ4v) is 1.75. The number of benzene rings is 1. The minimum Gasteiger partial charge on any atom is -0.395 e. The van der Waals surface area contributed by atoms with Gasteiger partial charge in [0, 0.05) is 27.7 Å². The Morgan fingerprint density at radius 1 is 1.24 bits per heavy atom. The van der Waals surface area contributed by atoms with E-state index in [1.54, 1.807) is 6.07 Å². The second kappa shape index (κ2) is 9.81. The first-order valence-electron chi connectivity index (χ1n) is 6.54. The van der Waals surface area contributed by atoms with Crippen molar-refractivity contribution in [2.24, 2.45) is 5.73 Å². The Hall–Kier alpha value is -1.05. The van der Waals surface area contributed by atoms with Crippen LogP contribution in [0.3, 0.4) is 0 Å². The van der Waals surface area contributed by atoms with E-state index in [0.29, 0.717) is 5.56 Å². The maximum Gasteiger partial charge on any atom is 0.416 e. The van der Waals surface area contributed by atoms with Crippen LogP contribution in [0.4, 0.5) is 13.2 Å². The normalized spacial score (nSPS) is 15.7. The van der Waals surface area contributed by atoms with E-state index in [-0.39, 0.29) is 21.4 Å². The van der Waals surface area contributed by atoms with Gasteiger partial charge >= 0.3 is 6.18 Å². The second-order valence-corrected chi connectivity index (χ2v) is 4.66. The van der Waals surface area contributed by atoms with Gasteiger partial charge in [-0.1, -0.05) is 18.2 Å². The van der Waals surface area contributed by atoms with Crippen LogP contribution in [0.25, 0.3) is 0 Å². The molecule has 0 unspecified atom stereocenters. The Morgan fingerprint density at radius 2 is 1.86 bits per heavy atom. The van der Waals surface area contributed by atoms with Crippen molar-refractivity contribution in [2.75, 3.05) is 19.8 Å². The molecule has 0 saturated carbocycles. The topological polar surface area (TPSA) is 55.5 Å². The van der Waals surface area contributed by atoms with Crippen LogP contribution in [0, 0.1) is 0 Å². The first-order chi connectivity index (χ1) is 9.43. The summed E-state index contributed by atoms with van der Waals surface area (Å²) in [6, 6.07) is 4.43. The monoisotopic (exact) mass is 302 g/mol. The molecule has 7 heteroatoms. The van der Waals surface area contributed by atoms with Gasteiger partial charge in [0.15, 0.2) is 0 Å². The fourth-order valence-electron chi connectivity index (χ4n) is 1.75. The third-order valence-corrected chi connectivity index (χ3v) is 2.81. The predicted octanol–water partition coefficient (Wildman–Crippen LogP) is 1.98. The van der Waals surface area contributed by atoms with Crippen molar-refractivity contribution in [2.45, 2.75) is 31.5 Å². The Kier molecular flexibility index (Phi) is 9.32. The van der Waals surface area contributed by atoms with Gasteiger partial charge in [0.1, 0.15) is 0 Å². The lowest BCUT2D eigenvalue weighted by Crippen LogP contribution is -2.26. The molecule has 1 aromatic carbocycles. The molecule has 1 heterocycles. The van der Waals surface area contributed by atoms with Gasteiger partial charge in [-0.3, -0.25) is 0 Å². The second-order valence-electron chi connectivity index (χ2n) is 4.66. The van der Waals surface area contributed by atoms with Gasteiger partial charge in [-0.2, -0.15) is 13.2 Å². The highest BCUT2D eigenvalue weighted by Crippen LogP contribution is 2.29. The number of ether oxygens (including phenoxy) is 1. The van der Waals surface area contributed by atoms with E-state index in [1.807, 2.05) is 0 Å². The molecule has 21 heavy (non-hydrogen) atoms. The molecule has 3 nitrogen and oxygen atoms in total. The smallest absolute Gasteiger partial charge is 0.395 e. The number of hydrogen-bond acceptors (Lipinski definition) is 3. The third-order valence-electron chi connectivity index (χ3n) is 2.81. The van der Waals surface area contributed by atoms with Crippen LogP contribution in [0.5, 0.6) is 0 Å². The zero-order valence-electron chi connectivity index (χ0n) is 11.8. The van der Waals surface area contributed by atoms with E-state index < -0.39 is 17.8 Å². The Morgan fingerprint density at radius 3 is 2.29 bits per heavy atom. The summed E-state index contributed by atoms with van der Waals surface area (Å²) >= 11 is 0. The zero-order valence-corrected chi connectivity index (χ0v) is 11.8. The minimum atomic E-state index is -4.33. The van der Waals surface area contributed by atoms with Crippen LogP contribution in [0.15, 0.2) is 24.3 Å². The molecular weight excluding hydrogens is 282 g/mol. The lowest BCUT2D eigenvalue weighted by atomic mass is 10.0. The maximum absolute atomic E-state index is 12.3. The summed E-state index contributed by atoms with van der Waals surface area (Å²) in [6.45, 7) is 1.76. The molecule has 0 aromatic heterocycles. The Labute approximate surface area is 124 Å². The number of aliphatic hydroxyl groups is 1. The number of aliphatic hydroxyl groups excluding tert-OH is 1. The molecule has 0 spiro atoms. The summed E-state index contributed by atoms with van der Waals surface area (Å²) in [5, 5.41) is 8.68. The third kappa shape index (κ3) is 8.09. The molecule has 1 aliphatic rings. The Bertz CT molecular complexity index is 390. The van der Waals surface area contributed by atoms with E-state index in [4.69, 9.17) is 15.6 Å². The summed E-state index contributed by atoms with van der Waals surface area (Å²) in [7, 11) is 0. The van der Waals surface area contributed by atoms with Gasteiger partial charge in [0.25, 0.3) is 0 Å². The van der Waals surface area contributed by atoms with Crippen molar-refractivity contribution in [3.05, 3.63) is 35.4 Å². The van der Waals surface area contributed by atoms with Crippen LogP contribution < -0.4 is 5.73 Å². The van der Waals surface area contributed by atoms with Crippen LogP contribution in [0.2, 0.25) is 0 Å². The summed E-state index contributed by atoms with van der Waals surface area (Å²) in [6.07, 6.45) is -1.54. The average molecular weight is 302 g/mol. The van der Waals surface area contributed by atoms with E-state index in [9.17, 15) is 13.2 Å². The van der Waals surface area contributed by atoms with Crippen molar-refractivity contribution in [3.8, 4) is 0 Å². The van der Waals surface area contributed by atoms with Crippen molar-refractivity contribution in [3.63, 3.8) is 0 Å². The zero-order chi connectivity index (χ0) is 15.0. The van der Waals surface area contributed by atoms with E-state index in [2.05, 4.69) is 0 Å².